The van der Waals surface area contributed by atoms with Crippen LogP contribution in [0.25, 0.3) is 22.3 Å². The number of hydrogen-bond acceptors (Lipinski definition) is 8. The Labute approximate surface area is 354 Å². The number of rotatable bonds is 16. The summed E-state index contributed by atoms with van der Waals surface area (Å²) in [5, 5.41) is 22.5. The number of carboxylic acid groups (broad SMARTS) is 2. The summed E-state index contributed by atoms with van der Waals surface area (Å²) >= 11 is 0. The highest BCUT2D eigenvalue weighted by atomic mass is 32.2. The van der Waals surface area contributed by atoms with Crippen LogP contribution >= 0.6 is 0 Å². The number of sulfone groups is 2. The smallest absolute Gasteiger partial charge is 0.407 e. The molecule has 0 unspecified atom stereocenters. The van der Waals surface area contributed by atoms with Crippen LogP contribution in [-0.4, -0.2) is 87.3 Å². The minimum atomic E-state index is -4.81. The third kappa shape index (κ3) is 15.8. The predicted molar refractivity (Wildman–Crippen MR) is 216 cm³/mol. The molecule has 340 valence electrons. The van der Waals surface area contributed by atoms with Crippen LogP contribution in [0.3, 0.4) is 0 Å². The first-order valence-electron chi connectivity index (χ1n) is 18.5. The zero-order valence-corrected chi connectivity index (χ0v) is 35.8. The molecule has 0 heterocycles. The highest BCUT2D eigenvalue weighted by Gasteiger charge is 2.45. The zero-order chi connectivity index (χ0) is 47.2. The number of halogens is 8. The molecule has 0 aromatic heterocycles. The summed E-state index contributed by atoms with van der Waals surface area (Å²) in [6, 6.07) is 14.1. The molecule has 0 spiro atoms. The minimum absolute atomic E-state index is 0.115. The van der Waals surface area contributed by atoms with Gasteiger partial charge in [-0.15, -0.1) is 0 Å². The third-order valence-electron chi connectivity index (χ3n) is 9.09. The quantitative estimate of drug-likeness (QED) is 0.0797. The Morgan fingerprint density at radius 2 is 0.710 bits per heavy atom. The van der Waals surface area contributed by atoms with Gasteiger partial charge in [-0.05, 0) is 85.3 Å². The number of carboxylic acids is 2. The Bertz CT molecular complexity index is 2190. The van der Waals surface area contributed by atoms with Crippen LogP contribution < -0.4 is 10.6 Å². The van der Waals surface area contributed by atoms with E-state index in [9.17, 15) is 71.8 Å². The number of hydrogen-bond donors (Lipinski definition) is 4. The van der Waals surface area contributed by atoms with Gasteiger partial charge in [0.15, 0.2) is 19.7 Å². The van der Waals surface area contributed by atoms with Crippen LogP contribution in [0.4, 0.5) is 35.1 Å². The summed E-state index contributed by atoms with van der Waals surface area (Å²) < 4.78 is 156. The first-order chi connectivity index (χ1) is 28.2. The highest BCUT2D eigenvalue weighted by Crippen LogP contribution is 2.37. The van der Waals surface area contributed by atoms with Crippen LogP contribution in [0.2, 0.25) is 0 Å². The topological polar surface area (TPSA) is 167 Å². The molecule has 4 rings (SSSR count). The number of carbonyl (C=O) groups is 2. The lowest BCUT2D eigenvalue weighted by Crippen LogP contribution is -2.47. The van der Waals surface area contributed by atoms with Gasteiger partial charge in [0, 0.05) is 25.4 Å². The van der Waals surface area contributed by atoms with Crippen LogP contribution in [0.5, 0.6) is 0 Å². The standard InChI is InChI=1S/2C21H23F4NO4S/c2*1-20(2,22)12-17(19(27)28)26-18(21(23,24)25)15-6-4-13(5-7-15)14-8-10-16(11-9-14)31(3,29)30/h2*4-11,17-18,26H,12H2,1-3H3,(H,27,28)/t2*17-,18+/m10/s1. The molecule has 0 saturated heterocycles. The number of aliphatic carboxylic acids is 2. The molecule has 0 fully saturated rings. The van der Waals surface area contributed by atoms with Gasteiger partial charge in [-0.1, -0.05) is 72.8 Å². The van der Waals surface area contributed by atoms with Crippen molar-refractivity contribution >= 4 is 31.6 Å². The largest absolute Gasteiger partial charge is 0.480 e. The van der Waals surface area contributed by atoms with E-state index in [1.807, 2.05) is 10.6 Å². The average Bonchev–Trinajstić information content (AvgIpc) is 3.13. The van der Waals surface area contributed by atoms with Gasteiger partial charge in [0.1, 0.15) is 35.5 Å². The van der Waals surface area contributed by atoms with Crippen LogP contribution in [0.1, 0.15) is 63.7 Å². The first kappa shape index (κ1) is 51.4. The fourth-order valence-corrected chi connectivity index (χ4v) is 7.35. The lowest BCUT2D eigenvalue weighted by atomic mass is 9.97. The molecule has 0 aliphatic carbocycles. The Balaban J connectivity index is 0.000000330. The molecule has 4 aromatic carbocycles. The van der Waals surface area contributed by atoms with E-state index in [1.54, 1.807) is 0 Å². The van der Waals surface area contributed by atoms with Gasteiger partial charge in [-0.2, -0.15) is 26.3 Å². The van der Waals surface area contributed by atoms with Gasteiger partial charge in [0.05, 0.1) is 9.79 Å². The summed E-state index contributed by atoms with van der Waals surface area (Å²) in [7, 11) is -6.75. The number of alkyl halides is 8. The summed E-state index contributed by atoms with van der Waals surface area (Å²) in [4.78, 5) is 23.0. The third-order valence-corrected chi connectivity index (χ3v) is 11.3. The Hall–Kier alpha value is -4.92. The summed E-state index contributed by atoms with van der Waals surface area (Å²) in [6.45, 7) is 4.38. The molecule has 20 heteroatoms. The number of benzene rings is 4. The van der Waals surface area contributed by atoms with Crippen molar-refractivity contribution in [2.45, 2.75) is 98.2 Å². The molecule has 0 aliphatic rings. The van der Waals surface area contributed by atoms with E-state index in [4.69, 9.17) is 0 Å². The molecule has 4 aromatic rings. The molecule has 0 radical (unpaired) electrons. The molecule has 4 atom stereocenters. The van der Waals surface area contributed by atoms with E-state index in [0.29, 0.717) is 22.3 Å². The Kier molecular flexibility index (Phi) is 16.3. The van der Waals surface area contributed by atoms with E-state index in [1.165, 1.54) is 97.1 Å². The predicted octanol–water partition coefficient (Wildman–Crippen LogP) is 9.08. The minimum Gasteiger partial charge on any atom is -0.480 e. The van der Waals surface area contributed by atoms with Crippen LogP contribution in [-0.2, 0) is 29.3 Å². The van der Waals surface area contributed by atoms with Crippen molar-refractivity contribution in [1.29, 1.82) is 0 Å². The van der Waals surface area contributed by atoms with Gasteiger partial charge in [0.2, 0.25) is 0 Å². The maximum Gasteiger partial charge on any atom is 0.407 e. The molecule has 10 nitrogen and oxygen atoms in total. The maximum atomic E-state index is 13.9. The van der Waals surface area contributed by atoms with Crippen molar-refractivity contribution in [1.82, 2.24) is 10.6 Å². The molecule has 0 bridgehead atoms. The molecule has 4 N–H and O–H groups in total. The van der Waals surface area contributed by atoms with Crippen molar-refractivity contribution in [2.24, 2.45) is 0 Å². The second-order valence-electron chi connectivity index (χ2n) is 15.7. The molecule has 0 aliphatic heterocycles. The van der Waals surface area contributed by atoms with E-state index in [-0.39, 0.29) is 20.9 Å². The fourth-order valence-electron chi connectivity index (χ4n) is 6.09. The average molecular weight is 923 g/mol. The second-order valence-corrected chi connectivity index (χ2v) is 19.8. The van der Waals surface area contributed by atoms with Gasteiger partial charge in [-0.3, -0.25) is 20.2 Å². The van der Waals surface area contributed by atoms with Gasteiger partial charge < -0.3 is 10.2 Å². The molecule has 0 saturated carbocycles. The zero-order valence-electron chi connectivity index (χ0n) is 34.1. The second kappa shape index (κ2) is 19.6. The van der Waals surface area contributed by atoms with E-state index in [0.717, 1.165) is 40.2 Å². The van der Waals surface area contributed by atoms with E-state index in [2.05, 4.69) is 0 Å². The highest BCUT2D eigenvalue weighted by molar-refractivity contribution is 7.91. The molecular formula is C42H46F8N2O8S2. The first-order valence-corrected chi connectivity index (χ1v) is 22.2. The van der Waals surface area contributed by atoms with Crippen LogP contribution in [0.15, 0.2) is 107 Å². The molecule has 0 amide bonds. The van der Waals surface area contributed by atoms with E-state index < -0.39 is 92.3 Å². The normalized spacial score (nSPS) is 14.8. The van der Waals surface area contributed by atoms with Crippen molar-refractivity contribution in [3.63, 3.8) is 0 Å². The Morgan fingerprint density at radius 1 is 0.484 bits per heavy atom. The molecule has 62 heavy (non-hydrogen) atoms. The van der Waals surface area contributed by atoms with Crippen molar-refractivity contribution < 1.29 is 71.8 Å². The monoisotopic (exact) mass is 922 g/mol. The fraction of sp³-hybridized carbons (Fsp3) is 0.381. The lowest BCUT2D eigenvalue weighted by molar-refractivity contribution is -0.165. The maximum absolute atomic E-state index is 13.9. The van der Waals surface area contributed by atoms with Crippen LogP contribution in [0, 0.1) is 0 Å². The summed E-state index contributed by atoms with van der Waals surface area (Å²) in [6.07, 6.45) is -8.77. The van der Waals surface area contributed by atoms with Crippen molar-refractivity contribution in [2.75, 3.05) is 12.5 Å². The van der Waals surface area contributed by atoms with Crippen molar-refractivity contribution in [3.8, 4) is 22.3 Å². The van der Waals surface area contributed by atoms with Gasteiger partial charge in [0.25, 0.3) is 0 Å². The molecular weight excluding hydrogens is 877 g/mol. The lowest BCUT2D eigenvalue weighted by Gasteiger charge is -2.28. The number of nitrogens with one attached hydrogen (secondary N) is 2. The summed E-state index contributed by atoms with van der Waals surface area (Å²) in [5.74, 6) is -3.16. The SMILES string of the molecule is CC(C)(F)C[C@@H](N[C@@H](c1ccc(-c2ccc(S(C)(=O)=O)cc2)cc1)C(F)(F)F)C(=O)O.CC(C)(F)C[C@H](N[C@H](c1ccc(-c2ccc(S(C)(=O)=O)cc2)cc1)C(F)(F)F)C(=O)O. The Morgan fingerprint density at radius 3 is 0.887 bits per heavy atom. The van der Waals surface area contributed by atoms with Gasteiger partial charge in [-0.25, -0.2) is 25.6 Å². The van der Waals surface area contributed by atoms with E-state index >= 15 is 0 Å². The summed E-state index contributed by atoms with van der Waals surface area (Å²) in [5.41, 5.74) is -2.13. The van der Waals surface area contributed by atoms with Crippen molar-refractivity contribution in [3.05, 3.63) is 108 Å². The van der Waals surface area contributed by atoms with Gasteiger partial charge >= 0.3 is 24.3 Å².